The van der Waals surface area contributed by atoms with Gasteiger partial charge in [0, 0.05) is 30.5 Å². The molecule has 0 amide bonds. The number of methoxy groups -OCH3 is 1. The van der Waals surface area contributed by atoms with E-state index in [9.17, 15) is 8.42 Å². The molecule has 8 nitrogen and oxygen atoms in total. The van der Waals surface area contributed by atoms with Crippen LogP contribution in [0.25, 0.3) is 0 Å². The van der Waals surface area contributed by atoms with E-state index in [4.69, 9.17) is 13.9 Å². The van der Waals surface area contributed by atoms with Crippen LogP contribution >= 0.6 is 0 Å². The topological polar surface area (TPSA) is 98.8 Å². The highest BCUT2D eigenvalue weighted by molar-refractivity contribution is 7.92. The van der Waals surface area contributed by atoms with Crippen LogP contribution in [0.3, 0.4) is 0 Å². The zero-order chi connectivity index (χ0) is 33.0. The summed E-state index contributed by atoms with van der Waals surface area (Å²) in [4.78, 5) is 4.41. The molecule has 0 saturated heterocycles. The molecule has 0 radical (unpaired) electrons. The molecule has 46 heavy (non-hydrogen) atoms. The first-order valence-corrected chi connectivity index (χ1v) is 20.3. The third kappa shape index (κ3) is 9.90. The highest BCUT2D eigenvalue weighted by atomic mass is 32.2. The van der Waals surface area contributed by atoms with Gasteiger partial charge in [-0.3, -0.25) is 9.71 Å². The lowest BCUT2D eigenvalue weighted by atomic mass is 9.98. The van der Waals surface area contributed by atoms with Gasteiger partial charge in [-0.15, -0.1) is 0 Å². The van der Waals surface area contributed by atoms with Crippen molar-refractivity contribution in [3.63, 3.8) is 0 Å². The molecule has 0 bridgehead atoms. The third-order valence-electron chi connectivity index (χ3n) is 8.47. The molecule has 0 aliphatic carbocycles. The summed E-state index contributed by atoms with van der Waals surface area (Å²) in [6.07, 6.45) is 5.12. The molecule has 4 rings (SSSR count). The van der Waals surface area contributed by atoms with E-state index in [2.05, 4.69) is 47.9 Å². The molecule has 2 atom stereocenters. The van der Waals surface area contributed by atoms with Crippen molar-refractivity contribution in [2.45, 2.75) is 64.1 Å². The summed E-state index contributed by atoms with van der Waals surface area (Å²) >= 11 is 0. The maximum atomic E-state index is 12.5. The summed E-state index contributed by atoms with van der Waals surface area (Å²) in [5.41, 5.74) is 4.39. The number of ether oxygens (including phenoxy) is 2. The fraction of sp³-hybridized carbons (Fsp3) is 0.361. The number of rotatable bonds is 18. The molecule has 2 N–H and O–H groups in total. The minimum absolute atomic E-state index is 0.111. The minimum atomic E-state index is -3.58. The maximum absolute atomic E-state index is 12.5. The second-order valence-electron chi connectivity index (χ2n) is 11.5. The Morgan fingerprint density at radius 3 is 2.11 bits per heavy atom. The Morgan fingerprint density at radius 1 is 0.848 bits per heavy atom. The molecule has 1 unspecified atom stereocenters. The lowest BCUT2D eigenvalue weighted by Crippen LogP contribution is -2.40. The van der Waals surface area contributed by atoms with Crippen molar-refractivity contribution in [1.82, 2.24) is 10.3 Å². The Labute approximate surface area is 275 Å². The van der Waals surface area contributed by atoms with Crippen molar-refractivity contribution in [2.75, 3.05) is 24.6 Å². The van der Waals surface area contributed by atoms with Crippen LogP contribution in [0.5, 0.6) is 11.5 Å². The number of pyridine rings is 1. The molecule has 0 aliphatic rings. The second kappa shape index (κ2) is 16.7. The monoisotopic (exact) mass is 661 g/mol. The SMILES string of the molecule is CC[Si](CC)(CC)O[C@@H](CNC(Cc1ccccc1)c1cnccc1OC)c1ccc(OCc2ccccc2)c(NS(C)(=O)=O)c1. The summed E-state index contributed by atoms with van der Waals surface area (Å²) in [6.45, 7) is 7.43. The van der Waals surface area contributed by atoms with Gasteiger partial charge >= 0.3 is 0 Å². The first-order valence-electron chi connectivity index (χ1n) is 15.9. The second-order valence-corrected chi connectivity index (χ2v) is 18.0. The van der Waals surface area contributed by atoms with E-state index >= 15 is 0 Å². The first-order chi connectivity index (χ1) is 22.2. The van der Waals surface area contributed by atoms with Crippen LogP contribution in [0.4, 0.5) is 5.69 Å². The summed E-state index contributed by atoms with van der Waals surface area (Å²) in [5.74, 6) is 1.22. The summed E-state index contributed by atoms with van der Waals surface area (Å²) in [7, 11) is -3.99. The van der Waals surface area contributed by atoms with E-state index in [1.165, 1.54) is 5.56 Å². The molecule has 10 heteroatoms. The molecule has 0 saturated carbocycles. The van der Waals surface area contributed by atoms with Crippen molar-refractivity contribution in [1.29, 1.82) is 0 Å². The quantitative estimate of drug-likeness (QED) is 0.106. The van der Waals surface area contributed by atoms with E-state index in [-0.39, 0.29) is 12.1 Å². The van der Waals surface area contributed by atoms with Gasteiger partial charge in [-0.1, -0.05) is 87.5 Å². The molecule has 1 aromatic heterocycles. The Bertz CT molecular complexity index is 1610. The Balaban J connectivity index is 1.70. The number of sulfonamides is 1. The molecule has 3 aromatic carbocycles. The van der Waals surface area contributed by atoms with Gasteiger partial charge in [0.1, 0.15) is 18.1 Å². The van der Waals surface area contributed by atoms with Gasteiger partial charge in [-0.25, -0.2) is 8.42 Å². The molecule has 0 spiro atoms. The van der Waals surface area contributed by atoms with Gasteiger partial charge in [0.05, 0.1) is 25.2 Å². The van der Waals surface area contributed by atoms with Gasteiger partial charge in [-0.05, 0) is 59.4 Å². The van der Waals surface area contributed by atoms with E-state index in [1.54, 1.807) is 13.3 Å². The van der Waals surface area contributed by atoms with Crippen LogP contribution in [0.2, 0.25) is 18.1 Å². The zero-order valence-electron chi connectivity index (χ0n) is 27.5. The van der Waals surface area contributed by atoms with Crippen molar-refractivity contribution in [3.8, 4) is 11.5 Å². The van der Waals surface area contributed by atoms with Gasteiger partial charge in [-0.2, -0.15) is 0 Å². The van der Waals surface area contributed by atoms with Crippen LogP contribution < -0.4 is 19.5 Å². The van der Waals surface area contributed by atoms with Crippen molar-refractivity contribution < 1.29 is 22.3 Å². The maximum Gasteiger partial charge on any atom is 0.229 e. The average Bonchev–Trinajstić information content (AvgIpc) is 3.08. The van der Waals surface area contributed by atoms with Crippen LogP contribution in [0.15, 0.2) is 97.3 Å². The first kappa shape index (κ1) is 35.2. The largest absolute Gasteiger partial charge is 0.496 e. The van der Waals surface area contributed by atoms with E-state index in [0.29, 0.717) is 24.6 Å². The Kier molecular flexibility index (Phi) is 12.8. The summed E-state index contributed by atoms with van der Waals surface area (Å²) in [6, 6.07) is 30.5. The predicted octanol–water partition coefficient (Wildman–Crippen LogP) is 7.68. The Hall–Kier alpha value is -3.70. The lowest BCUT2D eigenvalue weighted by Gasteiger charge is -2.35. The van der Waals surface area contributed by atoms with Gasteiger partial charge in [0.2, 0.25) is 10.0 Å². The number of nitrogens with one attached hydrogen (secondary N) is 2. The highest BCUT2D eigenvalue weighted by Gasteiger charge is 2.33. The van der Waals surface area contributed by atoms with Crippen LogP contribution in [-0.2, 0) is 27.5 Å². The van der Waals surface area contributed by atoms with Gasteiger partial charge < -0.3 is 19.2 Å². The lowest BCUT2D eigenvalue weighted by molar-refractivity contribution is 0.180. The Morgan fingerprint density at radius 2 is 1.50 bits per heavy atom. The molecule has 0 fully saturated rings. The van der Waals surface area contributed by atoms with E-state index < -0.39 is 18.3 Å². The molecule has 0 aliphatic heterocycles. The number of anilines is 1. The number of benzene rings is 3. The molecule has 1 heterocycles. The fourth-order valence-corrected chi connectivity index (χ4v) is 9.03. The summed E-state index contributed by atoms with van der Waals surface area (Å²) < 4.78 is 46.6. The van der Waals surface area contributed by atoms with Crippen molar-refractivity contribution >= 4 is 24.0 Å². The van der Waals surface area contributed by atoms with E-state index in [0.717, 1.165) is 53.2 Å². The van der Waals surface area contributed by atoms with Crippen LogP contribution in [0, 0.1) is 0 Å². The predicted molar refractivity (Wildman–Crippen MR) is 188 cm³/mol. The highest BCUT2D eigenvalue weighted by Crippen LogP contribution is 2.35. The number of aromatic nitrogens is 1. The number of hydrogen-bond acceptors (Lipinski definition) is 7. The fourth-order valence-electron chi connectivity index (χ4n) is 5.65. The van der Waals surface area contributed by atoms with Gasteiger partial charge in [0.15, 0.2) is 8.32 Å². The van der Waals surface area contributed by atoms with Crippen LogP contribution in [-0.4, -0.2) is 41.6 Å². The average molecular weight is 662 g/mol. The summed E-state index contributed by atoms with van der Waals surface area (Å²) in [5, 5.41) is 3.79. The van der Waals surface area contributed by atoms with Crippen molar-refractivity contribution in [3.05, 3.63) is 120 Å². The number of hydrogen-bond donors (Lipinski definition) is 2. The minimum Gasteiger partial charge on any atom is -0.496 e. The van der Waals surface area contributed by atoms with Crippen LogP contribution in [0.1, 0.15) is 55.2 Å². The smallest absolute Gasteiger partial charge is 0.229 e. The third-order valence-corrected chi connectivity index (χ3v) is 13.7. The van der Waals surface area contributed by atoms with E-state index in [1.807, 2.05) is 79.0 Å². The van der Waals surface area contributed by atoms with Gasteiger partial charge in [0.25, 0.3) is 0 Å². The molecule has 246 valence electrons. The normalized spacial score (nSPS) is 13.2. The van der Waals surface area contributed by atoms with Crippen molar-refractivity contribution in [2.24, 2.45) is 0 Å². The zero-order valence-corrected chi connectivity index (χ0v) is 29.3. The molecular formula is C36H47N3O5SSi. The molecule has 4 aromatic rings. The molecular weight excluding hydrogens is 615 g/mol. The number of nitrogens with zero attached hydrogens (tertiary/aromatic N) is 1. The standard InChI is InChI=1S/C36H47N3O5SSi/c1-6-46(7-2,8-3)44-36(26-38-32(23-28-15-11-9-12-16-28)31-25-37-22-21-34(31)42-4)30-19-20-35(33(24-30)39-45(5,40)41)43-27-29-17-13-10-14-18-29/h9-22,24-25,32,36,38-39H,6-8,23,26-27H2,1-5H3/t32?,36-/m0/s1.